The van der Waals surface area contributed by atoms with Gasteiger partial charge in [0.05, 0.1) is 16.3 Å². The number of aryl methyl sites for hydroxylation is 3. The van der Waals surface area contributed by atoms with E-state index in [-0.39, 0.29) is 10.6 Å². The number of hydrazone groups is 2. The first kappa shape index (κ1) is 25.8. The van der Waals surface area contributed by atoms with E-state index in [1.165, 1.54) is 17.1 Å². The zero-order valence-electron chi connectivity index (χ0n) is 20.9. The summed E-state index contributed by atoms with van der Waals surface area (Å²) in [6, 6.07) is 20.5. The number of carbonyl (C=O) groups is 2. The van der Waals surface area contributed by atoms with Crippen LogP contribution >= 0.6 is 0 Å². The number of benzene rings is 3. The van der Waals surface area contributed by atoms with Crippen molar-refractivity contribution in [1.82, 2.24) is 4.83 Å². The molecular formula is C27H27N5O4S. The largest absolute Gasteiger partial charge is 0.320 e. The van der Waals surface area contributed by atoms with E-state index in [0.29, 0.717) is 17.1 Å². The first-order valence-electron chi connectivity index (χ1n) is 11.6. The van der Waals surface area contributed by atoms with Gasteiger partial charge < -0.3 is 5.32 Å². The Hall–Kier alpha value is -4.31. The summed E-state index contributed by atoms with van der Waals surface area (Å²) in [5, 5.41) is 12.3. The van der Waals surface area contributed by atoms with Crippen molar-refractivity contribution in [2.45, 2.75) is 32.6 Å². The number of amides is 2. The second kappa shape index (κ2) is 10.4. The molecule has 2 N–H and O–H groups in total. The second-order valence-electron chi connectivity index (χ2n) is 8.79. The van der Waals surface area contributed by atoms with Crippen molar-refractivity contribution in [3.8, 4) is 0 Å². The Balaban J connectivity index is 1.72. The van der Waals surface area contributed by atoms with E-state index >= 15 is 0 Å². The molecule has 3 aromatic carbocycles. The highest BCUT2D eigenvalue weighted by atomic mass is 32.2. The predicted octanol–water partition coefficient (Wildman–Crippen LogP) is 3.92. The molecule has 1 aliphatic rings. The maximum Gasteiger partial charge on any atom is 0.276 e. The molecule has 2 amide bonds. The summed E-state index contributed by atoms with van der Waals surface area (Å²) in [6.07, 6.45) is 0. The lowest BCUT2D eigenvalue weighted by Gasteiger charge is -2.17. The Kier molecular flexibility index (Phi) is 7.21. The lowest BCUT2D eigenvalue weighted by Crippen LogP contribution is -2.41. The van der Waals surface area contributed by atoms with Gasteiger partial charge in [-0.1, -0.05) is 54.1 Å². The summed E-state index contributed by atoms with van der Waals surface area (Å²) in [5.74, 6) is -2.43. The third kappa shape index (κ3) is 5.44. The third-order valence-corrected chi connectivity index (χ3v) is 7.20. The van der Waals surface area contributed by atoms with E-state index in [9.17, 15) is 18.0 Å². The van der Waals surface area contributed by atoms with Crippen LogP contribution in [0.25, 0.3) is 0 Å². The van der Waals surface area contributed by atoms with Crippen molar-refractivity contribution < 1.29 is 18.0 Å². The molecule has 1 unspecified atom stereocenters. The van der Waals surface area contributed by atoms with Gasteiger partial charge in [0, 0.05) is 5.69 Å². The minimum atomic E-state index is -4.11. The van der Waals surface area contributed by atoms with Crippen LogP contribution in [0.1, 0.15) is 23.6 Å². The molecule has 190 valence electrons. The number of para-hydroxylation sites is 2. The normalized spacial score (nSPS) is 15.9. The second-order valence-corrected chi connectivity index (χ2v) is 10.4. The van der Waals surface area contributed by atoms with E-state index in [4.69, 9.17) is 0 Å². The Morgan fingerprint density at radius 2 is 1.51 bits per heavy atom. The number of rotatable bonds is 7. The molecule has 37 heavy (non-hydrogen) atoms. The van der Waals surface area contributed by atoms with Gasteiger partial charge in [-0.05, 0) is 63.1 Å². The van der Waals surface area contributed by atoms with Gasteiger partial charge in [0.2, 0.25) is 0 Å². The van der Waals surface area contributed by atoms with Crippen molar-refractivity contribution in [2.75, 3.05) is 10.3 Å². The van der Waals surface area contributed by atoms with E-state index in [1.54, 1.807) is 43.3 Å². The molecule has 0 radical (unpaired) electrons. The van der Waals surface area contributed by atoms with Gasteiger partial charge in [-0.25, -0.2) is 0 Å². The average molecular weight is 518 g/mol. The fourth-order valence-corrected chi connectivity index (χ4v) is 4.77. The molecule has 1 heterocycles. The highest BCUT2D eigenvalue weighted by Crippen LogP contribution is 2.26. The van der Waals surface area contributed by atoms with Gasteiger partial charge in [0.15, 0.2) is 0 Å². The maximum absolute atomic E-state index is 13.5. The molecule has 0 aliphatic carbocycles. The van der Waals surface area contributed by atoms with Crippen molar-refractivity contribution >= 4 is 44.6 Å². The van der Waals surface area contributed by atoms with Gasteiger partial charge in [0.1, 0.15) is 11.6 Å². The fraction of sp³-hybridized carbons (Fsp3) is 0.185. The van der Waals surface area contributed by atoms with Crippen LogP contribution in [0.5, 0.6) is 0 Å². The number of hydrogen-bond acceptors (Lipinski definition) is 6. The molecule has 0 spiro atoms. The lowest BCUT2D eigenvalue weighted by molar-refractivity contribution is -0.119. The van der Waals surface area contributed by atoms with Crippen LogP contribution in [0.4, 0.5) is 11.4 Å². The van der Waals surface area contributed by atoms with Crippen molar-refractivity contribution in [3.05, 3.63) is 89.5 Å². The molecule has 0 saturated carbocycles. The Bertz CT molecular complexity index is 1490. The molecule has 1 atom stereocenters. The molecule has 0 fully saturated rings. The van der Waals surface area contributed by atoms with Crippen LogP contribution in [0.15, 0.2) is 87.9 Å². The zero-order chi connectivity index (χ0) is 26.7. The third-order valence-electron chi connectivity index (χ3n) is 5.98. The predicted molar refractivity (Wildman–Crippen MR) is 144 cm³/mol. The molecule has 0 bridgehead atoms. The van der Waals surface area contributed by atoms with Gasteiger partial charge in [-0.15, -0.1) is 0 Å². The van der Waals surface area contributed by atoms with Gasteiger partial charge in [-0.2, -0.15) is 28.5 Å². The smallest absolute Gasteiger partial charge is 0.276 e. The number of nitrogens with zero attached hydrogens (tertiary/aromatic N) is 3. The monoisotopic (exact) mass is 517 g/mol. The molecule has 3 aromatic rings. The van der Waals surface area contributed by atoms with E-state index in [1.807, 2.05) is 45.0 Å². The van der Waals surface area contributed by atoms with E-state index in [2.05, 4.69) is 20.4 Å². The van der Waals surface area contributed by atoms with Crippen molar-refractivity contribution in [1.29, 1.82) is 0 Å². The minimum Gasteiger partial charge on any atom is -0.320 e. The summed E-state index contributed by atoms with van der Waals surface area (Å²) >= 11 is 0. The fourth-order valence-electron chi connectivity index (χ4n) is 3.95. The van der Waals surface area contributed by atoms with Gasteiger partial charge in [0.25, 0.3) is 21.8 Å². The van der Waals surface area contributed by atoms with Crippen LogP contribution < -0.4 is 15.2 Å². The van der Waals surface area contributed by atoms with Crippen LogP contribution in [0.2, 0.25) is 0 Å². The summed E-state index contributed by atoms with van der Waals surface area (Å²) in [5.41, 5.74) is 3.57. The van der Waals surface area contributed by atoms with E-state index in [0.717, 1.165) is 16.7 Å². The molecular weight excluding hydrogens is 490 g/mol. The minimum absolute atomic E-state index is 0.0228. The highest BCUT2D eigenvalue weighted by molar-refractivity contribution is 7.89. The number of anilines is 2. The molecule has 4 rings (SSSR count). The first-order valence-corrected chi connectivity index (χ1v) is 13.0. The summed E-state index contributed by atoms with van der Waals surface area (Å²) in [4.78, 5) is 29.1. The number of sulfonamides is 1. The summed E-state index contributed by atoms with van der Waals surface area (Å²) in [7, 11) is -4.11. The van der Waals surface area contributed by atoms with Crippen LogP contribution in [-0.4, -0.2) is 31.7 Å². The summed E-state index contributed by atoms with van der Waals surface area (Å²) < 4.78 is 25.9. The molecule has 9 nitrogen and oxygen atoms in total. The average Bonchev–Trinajstić information content (AvgIpc) is 3.16. The SMILES string of the molecule is CC1=NN(c2ccccc2)C(=O)C1/C(=N/NS(=O)(=O)c1ccc(C)cc1)C(=O)Nc1c(C)cccc1C. The van der Waals surface area contributed by atoms with Crippen LogP contribution in [-0.2, 0) is 19.6 Å². The Labute approximate surface area is 215 Å². The number of carbonyl (C=O) groups excluding carboxylic acids is 2. The molecule has 1 aliphatic heterocycles. The maximum atomic E-state index is 13.5. The number of hydrogen-bond donors (Lipinski definition) is 2. The Morgan fingerprint density at radius 3 is 2.14 bits per heavy atom. The molecule has 0 saturated heterocycles. The van der Waals surface area contributed by atoms with Crippen molar-refractivity contribution in [3.63, 3.8) is 0 Å². The Morgan fingerprint density at radius 1 is 0.892 bits per heavy atom. The van der Waals surface area contributed by atoms with Gasteiger partial charge in [-0.3, -0.25) is 9.59 Å². The standard InChI is InChI=1S/C27H27N5O4S/c1-17-13-15-22(16-14-17)37(35,36)31-29-25(26(33)28-24-18(2)9-8-10-19(24)3)23-20(4)30-32(27(23)34)21-11-6-5-7-12-21/h5-16,23,31H,1-4H3,(H,28,33)/b29-25-. The molecule has 10 heteroatoms. The molecule has 0 aromatic heterocycles. The van der Waals surface area contributed by atoms with E-state index < -0.39 is 27.8 Å². The first-order chi connectivity index (χ1) is 17.6. The number of nitrogens with one attached hydrogen (secondary N) is 2. The highest BCUT2D eigenvalue weighted by Gasteiger charge is 2.41. The van der Waals surface area contributed by atoms with Crippen LogP contribution in [0.3, 0.4) is 0 Å². The van der Waals surface area contributed by atoms with Gasteiger partial charge >= 0.3 is 0 Å². The lowest BCUT2D eigenvalue weighted by atomic mass is 9.97. The summed E-state index contributed by atoms with van der Waals surface area (Å²) in [6.45, 7) is 7.11. The topological polar surface area (TPSA) is 120 Å². The quantitative estimate of drug-likeness (QED) is 0.364. The van der Waals surface area contributed by atoms with Crippen LogP contribution in [0, 0.1) is 26.7 Å². The van der Waals surface area contributed by atoms with Crippen molar-refractivity contribution in [2.24, 2.45) is 16.1 Å². The zero-order valence-corrected chi connectivity index (χ0v) is 21.7.